The van der Waals surface area contributed by atoms with Crippen molar-refractivity contribution in [2.75, 3.05) is 6.61 Å². The van der Waals surface area contributed by atoms with E-state index >= 15 is 0 Å². The molecule has 3 fully saturated rings. The van der Waals surface area contributed by atoms with E-state index in [1.165, 1.54) is 24.8 Å². The van der Waals surface area contributed by atoms with E-state index in [9.17, 15) is 0 Å². The molecule has 0 aromatic rings. The fraction of sp³-hybridized carbons (Fsp3) is 0.857. The van der Waals surface area contributed by atoms with Crippen LogP contribution in [-0.4, -0.2) is 32.3 Å². The van der Waals surface area contributed by atoms with E-state index in [4.69, 9.17) is 9.47 Å². The summed E-state index contributed by atoms with van der Waals surface area (Å²) in [7, 11) is 2.36. The lowest BCUT2D eigenvalue weighted by Gasteiger charge is -2.31. The lowest BCUT2D eigenvalue weighted by molar-refractivity contribution is 0.130. The second-order valence-corrected chi connectivity index (χ2v) is 6.50. The molecule has 1 spiro atoms. The zero-order valence-corrected chi connectivity index (χ0v) is 11.2. The first-order chi connectivity index (χ1) is 8.11. The van der Waals surface area contributed by atoms with Crippen LogP contribution in [0.2, 0.25) is 5.82 Å². The molecule has 94 valence electrons. The van der Waals surface area contributed by atoms with Crippen LogP contribution in [0.5, 0.6) is 0 Å². The molecule has 3 heteroatoms. The molecule has 0 aromatic carbocycles. The van der Waals surface area contributed by atoms with Gasteiger partial charge in [0.25, 0.3) is 0 Å². The molecule has 2 saturated heterocycles. The van der Waals surface area contributed by atoms with Gasteiger partial charge in [-0.3, -0.25) is 0 Å². The molecule has 0 aromatic heterocycles. The number of allylic oxidation sites excluding steroid dienone is 1. The number of epoxide rings is 2. The second kappa shape index (κ2) is 4.13. The highest BCUT2D eigenvalue weighted by atomic mass is 16.6. The Balaban J connectivity index is 1.58. The molecule has 0 amide bonds. The van der Waals surface area contributed by atoms with Gasteiger partial charge in [0.1, 0.15) is 7.85 Å². The van der Waals surface area contributed by atoms with Crippen molar-refractivity contribution in [1.29, 1.82) is 0 Å². The van der Waals surface area contributed by atoms with Gasteiger partial charge in [-0.1, -0.05) is 23.9 Å². The molecule has 3 rings (SSSR count). The third-order valence-electron chi connectivity index (χ3n) is 4.63. The lowest BCUT2D eigenvalue weighted by atomic mass is 9.65. The van der Waals surface area contributed by atoms with Crippen molar-refractivity contribution < 1.29 is 9.47 Å². The van der Waals surface area contributed by atoms with Gasteiger partial charge < -0.3 is 9.47 Å². The minimum Gasteiger partial charge on any atom is -0.369 e. The van der Waals surface area contributed by atoms with Crippen molar-refractivity contribution in [3.8, 4) is 0 Å². The average molecular weight is 234 g/mol. The third kappa shape index (κ3) is 2.32. The zero-order valence-electron chi connectivity index (χ0n) is 11.2. The van der Waals surface area contributed by atoms with E-state index in [1.54, 1.807) is 0 Å². The van der Waals surface area contributed by atoms with Crippen molar-refractivity contribution in [3.63, 3.8) is 0 Å². The van der Waals surface area contributed by atoms with Crippen LogP contribution in [0.25, 0.3) is 0 Å². The van der Waals surface area contributed by atoms with E-state index in [0.29, 0.717) is 18.1 Å². The van der Waals surface area contributed by atoms with Gasteiger partial charge in [-0.05, 0) is 33.1 Å². The van der Waals surface area contributed by atoms with Crippen LogP contribution in [-0.2, 0) is 9.47 Å². The van der Waals surface area contributed by atoms with E-state index < -0.39 is 0 Å². The molecular formula is C14H23BO2. The molecule has 5 atom stereocenters. The molecule has 5 unspecified atom stereocenters. The van der Waals surface area contributed by atoms with Gasteiger partial charge in [0.2, 0.25) is 0 Å². The number of rotatable bonds is 3. The highest BCUT2D eigenvalue weighted by Gasteiger charge is 2.61. The topological polar surface area (TPSA) is 25.1 Å². The van der Waals surface area contributed by atoms with Gasteiger partial charge in [0, 0.05) is 5.92 Å². The monoisotopic (exact) mass is 234 g/mol. The summed E-state index contributed by atoms with van der Waals surface area (Å²) in [4.78, 5) is 0. The summed E-state index contributed by atoms with van der Waals surface area (Å²) in [6.07, 6.45) is 8.27. The van der Waals surface area contributed by atoms with Gasteiger partial charge in [-0.15, -0.1) is 0 Å². The van der Waals surface area contributed by atoms with E-state index in [2.05, 4.69) is 27.8 Å². The normalized spacial score (nSPS) is 47.9. The highest BCUT2D eigenvalue weighted by molar-refractivity contribution is 6.11. The van der Waals surface area contributed by atoms with Gasteiger partial charge in [-0.2, -0.15) is 0 Å². The second-order valence-electron chi connectivity index (χ2n) is 6.50. The molecule has 2 aliphatic heterocycles. The Morgan fingerprint density at radius 3 is 2.82 bits per heavy atom. The average Bonchev–Trinajstić information content (AvgIpc) is 3.14. The molecule has 2 nitrogen and oxygen atoms in total. The predicted octanol–water partition coefficient (Wildman–Crippen LogP) is 2.10. The first-order valence-corrected chi connectivity index (χ1v) is 7.03. The van der Waals surface area contributed by atoms with E-state index in [1.807, 2.05) is 0 Å². The molecule has 0 radical (unpaired) electrons. The number of hydrogen-bond acceptors (Lipinski definition) is 2. The molecule has 0 N–H and O–H groups in total. The van der Waals surface area contributed by atoms with Crippen molar-refractivity contribution in [3.05, 3.63) is 11.6 Å². The maximum Gasteiger partial charge on any atom is 0.105 e. The Hall–Kier alpha value is -0.275. The van der Waals surface area contributed by atoms with Crippen molar-refractivity contribution in [1.82, 2.24) is 0 Å². The Morgan fingerprint density at radius 2 is 2.18 bits per heavy atom. The maximum absolute atomic E-state index is 5.89. The van der Waals surface area contributed by atoms with Gasteiger partial charge in [-0.25, -0.2) is 0 Å². The van der Waals surface area contributed by atoms with Crippen molar-refractivity contribution >= 4 is 7.85 Å². The Bertz CT molecular complexity index is 331. The molecule has 1 saturated carbocycles. The third-order valence-corrected chi connectivity index (χ3v) is 4.63. The first-order valence-electron chi connectivity index (χ1n) is 7.03. The summed E-state index contributed by atoms with van der Waals surface area (Å²) in [5, 5.41) is 0. The van der Waals surface area contributed by atoms with Gasteiger partial charge >= 0.3 is 0 Å². The molecule has 2 heterocycles. The zero-order chi connectivity index (χ0) is 12.0. The quantitative estimate of drug-likeness (QED) is 0.424. The fourth-order valence-corrected chi connectivity index (χ4v) is 3.51. The fourth-order valence-electron chi connectivity index (χ4n) is 3.51. The van der Waals surface area contributed by atoms with Crippen molar-refractivity contribution in [2.45, 2.75) is 63.2 Å². The van der Waals surface area contributed by atoms with Crippen LogP contribution in [0.4, 0.5) is 0 Å². The Kier molecular flexibility index (Phi) is 2.87. The molecule has 1 aliphatic carbocycles. The summed E-state index contributed by atoms with van der Waals surface area (Å²) in [5.41, 5.74) is 1.62. The standard InChI is InChI=1S/C14H23BO2/c1-9(2)3-6-12-13(17-12)11-5-4-10(15)7-14(11)8-16-14/h3,10-13H,4-8,15H2,1-2H3. The van der Waals surface area contributed by atoms with Crippen LogP contribution in [0.1, 0.15) is 39.5 Å². The van der Waals surface area contributed by atoms with E-state index in [0.717, 1.165) is 18.8 Å². The van der Waals surface area contributed by atoms with Gasteiger partial charge in [0.15, 0.2) is 0 Å². The summed E-state index contributed by atoms with van der Waals surface area (Å²) < 4.78 is 11.7. The lowest BCUT2D eigenvalue weighted by Crippen LogP contribution is -2.35. The van der Waals surface area contributed by atoms with E-state index in [-0.39, 0.29) is 5.60 Å². The maximum atomic E-state index is 5.89. The van der Waals surface area contributed by atoms with Crippen LogP contribution in [0.15, 0.2) is 11.6 Å². The van der Waals surface area contributed by atoms with Crippen LogP contribution in [0.3, 0.4) is 0 Å². The van der Waals surface area contributed by atoms with Crippen LogP contribution >= 0.6 is 0 Å². The molecule has 17 heavy (non-hydrogen) atoms. The first kappa shape index (κ1) is 11.8. The molecule has 3 aliphatic rings. The summed E-state index contributed by atoms with van der Waals surface area (Å²) >= 11 is 0. The summed E-state index contributed by atoms with van der Waals surface area (Å²) in [5.74, 6) is 1.51. The minimum atomic E-state index is 0.224. The number of hydrogen-bond donors (Lipinski definition) is 0. The largest absolute Gasteiger partial charge is 0.369 e. The predicted molar refractivity (Wildman–Crippen MR) is 71.0 cm³/mol. The Labute approximate surface area is 105 Å². The Morgan fingerprint density at radius 1 is 1.41 bits per heavy atom. The molecule has 0 bridgehead atoms. The summed E-state index contributed by atoms with van der Waals surface area (Å²) in [6, 6.07) is 0. The van der Waals surface area contributed by atoms with Crippen molar-refractivity contribution in [2.24, 2.45) is 5.92 Å². The summed E-state index contributed by atoms with van der Waals surface area (Å²) in [6.45, 7) is 5.30. The number of ether oxygens (including phenoxy) is 2. The van der Waals surface area contributed by atoms with Gasteiger partial charge in [0.05, 0.1) is 24.4 Å². The van der Waals surface area contributed by atoms with Crippen LogP contribution in [0, 0.1) is 5.92 Å². The smallest absolute Gasteiger partial charge is 0.105 e. The van der Waals surface area contributed by atoms with Crippen LogP contribution < -0.4 is 0 Å². The minimum absolute atomic E-state index is 0.224. The molecular weight excluding hydrogens is 211 g/mol. The SMILES string of the molecule is BC1CCC(C2OC2CC=C(C)C)C2(CO2)C1. The highest BCUT2D eigenvalue weighted by Crippen LogP contribution is 2.54.